The Hall–Kier alpha value is -0.610. The topological polar surface area (TPSA) is 43.8 Å². The monoisotopic (exact) mass is 230 g/mol. The van der Waals surface area contributed by atoms with Gasteiger partial charge in [0, 0.05) is 18.6 Å². The van der Waals surface area contributed by atoms with Crippen molar-refractivity contribution >= 4 is 5.91 Å². The first kappa shape index (κ1) is 15.4. The third kappa shape index (κ3) is 5.47. The molecule has 16 heavy (non-hydrogen) atoms. The van der Waals surface area contributed by atoms with Crippen molar-refractivity contribution in [3.05, 3.63) is 0 Å². The maximum absolute atomic E-state index is 12.0. The van der Waals surface area contributed by atoms with E-state index in [0.29, 0.717) is 19.1 Å². The van der Waals surface area contributed by atoms with Gasteiger partial charge in [-0.25, -0.2) is 0 Å². The highest BCUT2D eigenvalue weighted by Crippen LogP contribution is 2.03. The molecule has 4 nitrogen and oxygen atoms in total. The van der Waals surface area contributed by atoms with Crippen LogP contribution in [0.5, 0.6) is 0 Å². The molecule has 0 rings (SSSR count). The van der Waals surface area contributed by atoms with Crippen molar-refractivity contribution in [1.82, 2.24) is 9.80 Å². The standard InChI is InChI=1S/C12H26N2O2/c1-9(2)13(6)8-12(16)14(10(3)4)7-11(5)15/h9-11,15H,7-8H2,1-6H3. The number of likely N-dealkylation sites (N-methyl/N-ethyl adjacent to an activating group) is 1. The summed E-state index contributed by atoms with van der Waals surface area (Å²) in [5.41, 5.74) is 0. The number of nitrogens with zero attached hydrogens (tertiary/aromatic N) is 2. The predicted octanol–water partition coefficient (Wildman–Crippen LogP) is 0.944. The van der Waals surface area contributed by atoms with Gasteiger partial charge in [-0.15, -0.1) is 0 Å². The van der Waals surface area contributed by atoms with Crippen LogP contribution in [0.25, 0.3) is 0 Å². The first-order valence-corrected chi connectivity index (χ1v) is 5.93. The summed E-state index contributed by atoms with van der Waals surface area (Å²) in [6.45, 7) is 10.6. The number of aliphatic hydroxyl groups excluding tert-OH is 1. The van der Waals surface area contributed by atoms with Gasteiger partial charge in [-0.1, -0.05) is 0 Å². The Bertz CT molecular complexity index is 215. The summed E-state index contributed by atoms with van der Waals surface area (Å²) in [4.78, 5) is 15.7. The highest BCUT2D eigenvalue weighted by Gasteiger charge is 2.20. The molecule has 0 aromatic carbocycles. The van der Waals surface area contributed by atoms with E-state index in [-0.39, 0.29) is 11.9 Å². The molecule has 4 heteroatoms. The highest BCUT2D eigenvalue weighted by atomic mass is 16.3. The van der Waals surface area contributed by atoms with Crippen LogP contribution >= 0.6 is 0 Å². The SMILES string of the molecule is CC(O)CN(C(=O)CN(C)C(C)C)C(C)C. The predicted molar refractivity (Wildman–Crippen MR) is 66.3 cm³/mol. The number of rotatable bonds is 6. The molecule has 0 saturated heterocycles. The molecule has 0 aromatic rings. The molecular weight excluding hydrogens is 204 g/mol. The molecule has 0 aliphatic rings. The third-order valence-electron chi connectivity index (χ3n) is 2.67. The number of hydrogen-bond donors (Lipinski definition) is 1. The van der Waals surface area contributed by atoms with Gasteiger partial charge in [0.25, 0.3) is 0 Å². The van der Waals surface area contributed by atoms with Crippen molar-refractivity contribution in [3.8, 4) is 0 Å². The molecule has 1 atom stereocenters. The number of carbonyl (C=O) groups is 1. The second-order valence-electron chi connectivity index (χ2n) is 5.00. The minimum Gasteiger partial charge on any atom is -0.392 e. The van der Waals surface area contributed by atoms with E-state index in [2.05, 4.69) is 13.8 Å². The van der Waals surface area contributed by atoms with Gasteiger partial charge >= 0.3 is 0 Å². The zero-order valence-electron chi connectivity index (χ0n) is 11.4. The summed E-state index contributed by atoms with van der Waals surface area (Å²) in [5.74, 6) is 0.0760. The Labute approximate surface area is 99.2 Å². The number of hydrogen-bond acceptors (Lipinski definition) is 3. The fraction of sp³-hybridized carbons (Fsp3) is 0.917. The molecule has 1 N–H and O–H groups in total. The molecule has 1 unspecified atom stereocenters. The maximum Gasteiger partial charge on any atom is 0.237 e. The minimum absolute atomic E-state index is 0.0760. The average Bonchev–Trinajstić information content (AvgIpc) is 2.12. The van der Waals surface area contributed by atoms with Gasteiger partial charge in [-0.3, -0.25) is 9.69 Å². The van der Waals surface area contributed by atoms with E-state index in [1.54, 1.807) is 11.8 Å². The third-order valence-corrected chi connectivity index (χ3v) is 2.67. The summed E-state index contributed by atoms with van der Waals surface area (Å²) in [5, 5.41) is 9.36. The second-order valence-corrected chi connectivity index (χ2v) is 5.00. The Balaban J connectivity index is 4.39. The molecular formula is C12H26N2O2. The summed E-state index contributed by atoms with van der Waals surface area (Å²) >= 11 is 0. The van der Waals surface area contributed by atoms with Gasteiger partial charge in [0.2, 0.25) is 5.91 Å². The Morgan fingerprint density at radius 3 is 1.94 bits per heavy atom. The Kier molecular flexibility index (Phi) is 6.60. The van der Waals surface area contributed by atoms with Crippen molar-refractivity contribution in [2.75, 3.05) is 20.1 Å². The molecule has 0 aromatic heterocycles. The summed E-state index contributed by atoms with van der Waals surface area (Å²) in [6, 6.07) is 0.479. The van der Waals surface area contributed by atoms with Gasteiger partial charge in [-0.05, 0) is 41.7 Å². The van der Waals surface area contributed by atoms with E-state index >= 15 is 0 Å². The Morgan fingerprint density at radius 2 is 1.62 bits per heavy atom. The van der Waals surface area contributed by atoms with E-state index in [4.69, 9.17) is 0 Å². The highest BCUT2D eigenvalue weighted by molar-refractivity contribution is 5.78. The molecule has 0 heterocycles. The summed E-state index contributed by atoms with van der Waals surface area (Å²) in [7, 11) is 1.93. The lowest BCUT2D eigenvalue weighted by atomic mass is 10.2. The van der Waals surface area contributed by atoms with E-state index in [1.165, 1.54) is 0 Å². The fourth-order valence-electron chi connectivity index (χ4n) is 1.37. The molecule has 0 aliphatic carbocycles. The zero-order valence-corrected chi connectivity index (χ0v) is 11.4. The molecule has 0 saturated carbocycles. The average molecular weight is 230 g/mol. The van der Waals surface area contributed by atoms with Crippen LogP contribution in [0, 0.1) is 0 Å². The van der Waals surface area contributed by atoms with Gasteiger partial charge in [0.15, 0.2) is 0 Å². The van der Waals surface area contributed by atoms with Crippen LogP contribution in [0.1, 0.15) is 34.6 Å². The normalized spacial score (nSPS) is 13.6. The van der Waals surface area contributed by atoms with Crippen LogP contribution in [0.2, 0.25) is 0 Å². The maximum atomic E-state index is 12.0. The lowest BCUT2D eigenvalue weighted by molar-refractivity contribution is -0.135. The van der Waals surface area contributed by atoms with Crippen LogP contribution in [0.15, 0.2) is 0 Å². The van der Waals surface area contributed by atoms with E-state index < -0.39 is 6.10 Å². The number of amides is 1. The molecule has 0 aliphatic heterocycles. The molecule has 0 bridgehead atoms. The molecule has 96 valence electrons. The van der Waals surface area contributed by atoms with Crippen LogP contribution in [0.4, 0.5) is 0 Å². The van der Waals surface area contributed by atoms with Crippen LogP contribution < -0.4 is 0 Å². The Morgan fingerprint density at radius 1 is 1.12 bits per heavy atom. The van der Waals surface area contributed by atoms with Crippen molar-refractivity contribution in [2.24, 2.45) is 0 Å². The van der Waals surface area contributed by atoms with E-state index in [0.717, 1.165) is 0 Å². The van der Waals surface area contributed by atoms with Gasteiger partial charge in [0.1, 0.15) is 0 Å². The van der Waals surface area contributed by atoms with Crippen LogP contribution in [-0.4, -0.2) is 59.1 Å². The largest absolute Gasteiger partial charge is 0.392 e. The quantitative estimate of drug-likeness (QED) is 0.738. The molecule has 0 radical (unpaired) electrons. The van der Waals surface area contributed by atoms with Gasteiger partial charge < -0.3 is 10.0 Å². The van der Waals surface area contributed by atoms with Crippen LogP contribution in [-0.2, 0) is 4.79 Å². The number of aliphatic hydroxyl groups is 1. The van der Waals surface area contributed by atoms with Gasteiger partial charge in [-0.2, -0.15) is 0 Å². The first-order valence-electron chi connectivity index (χ1n) is 5.93. The van der Waals surface area contributed by atoms with Crippen molar-refractivity contribution < 1.29 is 9.90 Å². The minimum atomic E-state index is -0.476. The zero-order chi connectivity index (χ0) is 12.9. The van der Waals surface area contributed by atoms with Crippen molar-refractivity contribution in [3.63, 3.8) is 0 Å². The first-order chi connectivity index (χ1) is 7.25. The summed E-state index contributed by atoms with van der Waals surface area (Å²) < 4.78 is 0. The molecule has 0 fully saturated rings. The molecule has 1 amide bonds. The second kappa shape index (κ2) is 6.86. The lowest BCUT2D eigenvalue weighted by Gasteiger charge is -2.31. The number of carbonyl (C=O) groups excluding carboxylic acids is 1. The molecule has 0 spiro atoms. The van der Waals surface area contributed by atoms with Crippen LogP contribution in [0.3, 0.4) is 0 Å². The van der Waals surface area contributed by atoms with E-state index in [9.17, 15) is 9.90 Å². The van der Waals surface area contributed by atoms with Gasteiger partial charge in [0.05, 0.1) is 12.6 Å². The van der Waals surface area contributed by atoms with Crippen molar-refractivity contribution in [1.29, 1.82) is 0 Å². The fourth-order valence-corrected chi connectivity index (χ4v) is 1.37. The van der Waals surface area contributed by atoms with E-state index in [1.807, 2.05) is 25.8 Å². The smallest absolute Gasteiger partial charge is 0.237 e. The lowest BCUT2D eigenvalue weighted by Crippen LogP contribution is -2.46. The summed E-state index contributed by atoms with van der Waals surface area (Å²) in [6.07, 6.45) is -0.476. The van der Waals surface area contributed by atoms with Crippen molar-refractivity contribution in [2.45, 2.75) is 52.8 Å².